The van der Waals surface area contributed by atoms with Crippen LogP contribution in [0.3, 0.4) is 0 Å². The Bertz CT molecular complexity index is 486. The molecule has 3 rings (SSSR count). The van der Waals surface area contributed by atoms with Crippen LogP contribution in [-0.2, 0) is 9.47 Å². The number of hydrogen-bond donors (Lipinski definition) is 0. The molecule has 3 heterocycles. The lowest BCUT2D eigenvalue weighted by Gasteiger charge is -2.24. The average molecular weight is 279 g/mol. The maximum absolute atomic E-state index is 5.51. The van der Waals surface area contributed by atoms with E-state index in [1.54, 1.807) is 7.11 Å². The number of aromatic nitrogens is 2. The average Bonchev–Trinajstić information content (AvgIpc) is 3.06. The van der Waals surface area contributed by atoms with Crippen LogP contribution in [-0.4, -0.2) is 54.6 Å². The molecule has 20 heavy (non-hydrogen) atoms. The molecule has 0 saturated carbocycles. The van der Waals surface area contributed by atoms with Crippen LogP contribution >= 0.6 is 0 Å². The van der Waals surface area contributed by atoms with Crippen molar-refractivity contribution in [3.63, 3.8) is 0 Å². The van der Waals surface area contributed by atoms with E-state index in [1.165, 1.54) is 5.57 Å². The lowest BCUT2D eigenvalue weighted by molar-refractivity contribution is 0.107. The molecule has 1 aromatic heterocycles. The first-order chi connectivity index (χ1) is 9.76. The van der Waals surface area contributed by atoms with Gasteiger partial charge >= 0.3 is 0 Å². The molecule has 1 fully saturated rings. The fourth-order valence-electron chi connectivity index (χ4n) is 2.89. The lowest BCUT2D eigenvalue weighted by atomic mass is 10.1. The minimum Gasteiger partial charge on any atom is -0.380 e. The molecule has 0 spiro atoms. The molecular formula is C14H21N3O3. The van der Waals surface area contributed by atoms with Crippen molar-refractivity contribution in [2.45, 2.75) is 31.9 Å². The molecule has 6 heteroatoms. The van der Waals surface area contributed by atoms with Crippen LogP contribution in [0.4, 0.5) is 0 Å². The van der Waals surface area contributed by atoms with Gasteiger partial charge in [0.25, 0.3) is 0 Å². The van der Waals surface area contributed by atoms with Gasteiger partial charge in [0.15, 0.2) is 5.82 Å². The van der Waals surface area contributed by atoms with E-state index in [9.17, 15) is 0 Å². The quantitative estimate of drug-likeness (QED) is 0.778. The first-order valence-electron chi connectivity index (χ1n) is 7.09. The second kappa shape index (κ2) is 6.03. The van der Waals surface area contributed by atoms with Gasteiger partial charge in [-0.15, -0.1) is 0 Å². The van der Waals surface area contributed by atoms with E-state index in [0.29, 0.717) is 11.7 Å². The minimum atomic E-state index is 0.143. The van der Waals surface area contributed by atoms with E-state index < -0.39 is 0 Å². The molecule has 0 aromatic carbocycles. The van der Waals surface area contributed by atoms with Gasteiger partial charge in [0, 0.05) is 20.2 Å². The zero-order chi connectivity index (χ0) is 13.9. The van der Waals surface area contributed by atoms with Gasteiger partial charge in [-0.25, -0.2) is 0 Å². The zero-order valence-corrected chi connectivity index (χ0v) is 12.0. The molecule has 2 atom stereocenters. The summed E-state index contributed by atoms with van der Waals surface area (Å²) < 4.78 is 16.4. The summed E-state index contributed by atoms with van der Waals surface area (Å²) in [6, 6.07) is 0.143. The monoisotopic (exact) mass is 279 g/mol. The second-order valence-corrected chi connectivity index (χ2v) is 5.42. The van der Waals surface area contributed by atoms with Crippen molar-refractivity contribution in [1.82, 2.24) is 15.0 Å². The number of methoxy groups -OCH3 is 1. The van der Waals surface area contributed by atoms with Gasteiger partial charge < -0.3 is 14.0 Å². The third-order valence-electron chi connectivity index (χ3n) is 3.92. The highest BCUT2D eigenvalue weighted by atomic mass is 16.5. The van der Waals surface area contributed by atoms with Crippen LogP contribution in [0.5, 0.6) is 0 Å². The van der Waals surface area contributed by atoms with Crippen LogP contribution in [0, 0.1) is 6.92 Å². The molecule has 1 aromatic rings. The van der Waals surface area contributed by atoms with Crippen molar-refractivity contribution in [1.29, 1.82) is 0 Å². The normalized spacial score (nSPS) is 27.8. The predicted octanol–water partition coefficient (Wildman–Crippen LogP) is 1.49. The molecule has 0 bridgehead atoms. The highest BCUT2D eigenvalue weighted by Gasteiger charge is 2.36. The van der Waals surface area contributed by atoms with Crippen molar-refractivity contribution < 1.29 is 14.0 Å². The topological polar surface area (TPSA) is 60.6 Å². The molecule has 0 N–H and O–H groups in total. The SMILES string of the molecule is CO[C@H]1C[C@H](c2nc(C)no2)N(CC2=CCCOC2)C1. The fraction of sp³-hybridized carbons (Fsp3) is 0.714. The first-order valence-corrected chi connectivity index (χ1v) is 7.09. The zero-order valence-electron chi connectivity index (χ0n) is 12.0. The molecule has 0 radical (unpaired) electrons. The van der Waals surface area contributed by atoms with Gasteiger partial charge in [0.2, 0.25) is 5.89 Å². The van der Waals surface area contributed by atoms with Gasteiger partial charge in [-0.1, -0.05) is 11.2 Å². The molecule has 6 nitrogen and oxygen atoms in total. The third kappa shape index (κ3) is 2.92. The van der Waals surface area contributed by atoms with Gasteiger partial charge in [-0.2, -0.15) is 4.98 Å². The summed E-state index contributed by atoms with van der Waals surface area (Å²) in [4.78, 5) is 6.73. The smallest absolute Gasteiger partial charge is 0.244 e. The highest BCUT2D eigenvalue weighted by molar-refractivity contribution is 5.10. The molecule has 0 aliphatic carbocycles. The number of aryl methyl sites for hydroxylation is 1. The largest absolute Gasteiger partial charge is 0.380 e. The van der Waals surface area contributed by atoms with Crippen LogP contribution in [0.1, 0.15) is 30.6 Å². The van der Waals surface area contributed by atoms with Crippen LogP contribution < -0.4 is 0 Å². The second-order valence-electron chi connectivity index (χ2n) is 5.42. The standard InChI is InChI=1S/C14H21N3O3/c1-10-15-14(20-16-10)13-6-12(18-2)8-17(13)7-11-4-3-5-19-9-11/h4,12-13H,3,5-9H2,1-2H3/t12-,13+/m0/s1. The molecule has 2 aliphatic heterocycles. The molecular weight excluding hydrogens is 258 g/mol. The summed E-state index contributed by atoms with van der Waals surface area (Å²) >= 11 is 0. The Kier molecular flexibility index (Phi) is 4.14. The minimum absolute atomic E-state index is 0.143. The maximum Gasteiger partial charge on any atom is 0.244 e. The molecule has 2 aliphatic rings. The number of ether oxygens (including phenoxy) is 2. The van der Waals surface area contributed by atoms with Crippen molar-refractivity contribution in [2.24, 2.45) is 0 Å². The van der Waals surface area contributed by atoms with Crippen LogP contribution in [0.15, 0.2) is 16.2 Å². The van der Waals surface area contributed by atoms with Gasteiger partial charge in [-0.05, 0) is 25.3 Å². The Labute approximate surface area is 118 Å². The predicted molar refractivity (Wildman–Crippen MR) is 72.3 cm³/mol. The third-order valence-corrected chi connectivity index (χ3v) is 3.92. The number of rotatable bonds is 4. The van der Waals surface area contributed by atoms with Gasteiger partial charge in [-0.3, -0.25) is 4.90 Å². The highest BCUT2D eigenvalue weighted by Crippen LogP contribution is 2.33. The molecule has 1 saturated heterocycles. The van der Waals surface area contributed by atoms with Crippen LogP contribution in [0.25, 0.3) is 0 Å². The Morgan fingerprint density at radius 1 is 1.50 bits per heavy atom. The van der Waals surface area contributed by atoms with Crippen molar-refractivity contribution in [3.8, 4) is 0 Å². The summed E-state index contributed by atoms with van der Waals surface area (Å²) in [7, 11) is 1.76. The van der Waals surface area contributed by atoms with E-state index >= 15 is 0 Å². The Balaban J connectivity index is 1.74. The maximum atomic E-state index is 5.51. The van der Waals surface area contributed by atoms with E-state index in [0.717, 1.165) is 39.1 Å². The Morgan fingerprint density at radius 2 is 2.40 bits per heavy atom. The summed E-state index contributed by atoms with van der Waals surface area (Å²) in [6.07, 6.45) is 4.39. The van der Waals surface area contributed by atoms with Crippen molar-refractivity contribution in [2.75, 3.05) is 33.4 Å². The Morgan fingerprint density at radius 3 is 3.05 bits per heavy atom. The van der Waals surface area contributed by atoms with Crippen LogP contribution in [0.2, 0.25) is 0 Å². The Hall–Kier alpha value is -1.24. The molecule has 110 valence electrons. The van der Waals surface area contributed by atoms with Crippen molar-refractivity contribution >= 4 is 0 Å². The number of nitrogens with zero attached hydrogens (tertiary/aromatic N) is 3. The van der Waals surface area contributed by atoms with Gasteiger partial charge in [0.05, 0.1) is 25.4 Å². The summed E-state index contributed by atoms with van der Waals surface area (Å²) in [5, 5.41) is 3.90. The van der Waals surface area contributed by atoms with E-state index in [4.69, 9.17) is 14.0 Å². The van der Waals surface area contributed by atoms with Crippen molar-refractivity contribution in [3.05, 3.63) is 23.4 Å². The van der Waals surface area contributed by atoms with E-state index in [2.05, 4.69) is 21.1 Å². The summed E-state index contributed by atoms with van der Waals surface area (Å²) in [5.41, 5.74) is 1.33. The van der Waals surface area contributed by atoms with E-state index in [1.807, 2.05) is 6.92 Å². The first kappa shape index (κ1) is 13.7. The summed E-state index contributed by atoms with van der Waals surface area (Å²) in [5.74, 6) is 1.38. The number of likely N-dealkylation sites (tertiary alicyclic amines) is 1. The lowest BCUT2D eigenvalue weighted by Crippen LogP contribution is -2.29. The van der Waals surface area contributed by atoms with Gasteiger partial charge in [0.1, 0.15) is 0 Å². The molecule has 0 amide bonds. The van der Waals surface area contributed by atoms with E-state index in [-0.39, 0.29) is 12.1 Å². The molecule has 0 unspecified atom stereocenters. The summed E-state index contributed by atoms with van der Waals surface area (Å²) in [6.45, 7) is 5.17. The fourth-order valence-corrected chi connectivity index (χ4v) is 2.89. The number of hydrogen-bond acceptors (Lipinski definition) is 6.